The zero-order valence-corrected chi connectivity index (χ0v) is 15.1. The summed E-state index contributed by atoms with van der Waals surface area (Å²) in [5.41, 5.74) is 2.41. The molecular weight excluding hydrogens is 344 g/mol. The van der Waals surface area contributed by atoms with Gasteiger partial charge in [0.1, 0.15) is 12.7 Å². The third kappa shape index (κ3) is 4.52. The van der Waals surface area contributed by atoms with Crippen molar-refractivity contribution in [3.63, 3.8) is 0 Å². The third-order valence-electron chi connectivity index (χ3n) is 3.92. The fourth-order valence-electron chi connectivity index (χ4n) is 2.65. The average molecular weight is 364 g/mol. The minimum atomic E-state index is -0.245. The molecule has 1 amide bonds. The Hall–Kier alpha value is -3.61. The predicted octanol–water partition coefficient (Wildman–Crippen LogP) is 3.00. The van der Waals surface area contributed by atoms with E-state index in [1.165, 1.54) is 12.4 Å². The fourth-order valence-corrected chi connectivity index (χ4v) is 2.65. The molecule has 2 aromatic carbocycles. The van der Waals surface area contributed by atoms with E-state index >= 15 is 0 Å². The standard InChI is InChI=1S/C20H20N4O3/c1-26-18-9-5-7-15(20(18)27-2)10-11-19(25)23-17-8-4-3-6-16(17)12-24-14-21-13-22-24/h3-11,13-14H,12H2,1-2H3,(H,23,25)/b11-10-. The van der Waals surface area contributed by atoms with E-state index in [1.54, 1.807) is 37.4 Å². The number of rotatable bonds is 7. The van der Waals surface area contributed by atoms with E-state index in [2.05, 4.69) is 15.4 Å². The highest BCUT2D eigenvalue weighted by atomic mass is 16.5. The van der Waals surface area contributed by atoms with Crippen molar-refractivity contribution < 1.29 is 14.3 Å². The number of amides is 1. The number of benzene rings is 2. The molecule has 7 heteroatoms. The van der Waals surface area contributed by atoms with Crippen molar-refractivity contribution in [1.29, 1.82) is 0 Å². The lowest BCUT2D eigenvalue weighted by molar-refractivity contribution is -0.111. The number of anilines is 1. The number of ether oxygens (including phenoxy) is 2. The van der Waals surface area contributed by atoms with Crippen LogP contribution >= 0.6 is 0 Å². The fraction of sp³-hybridized carbons (Fsp3) is 0.150. The first kappa shape index (κ1) is 18.2. The lowest BCUT2D eigenvalue weighted by Crippen LogP contribution is -2.11. The second-order valence-electron chi connectivity index (χ2n) is 5.66. The van der Waals surface area contributed by atoms with Crippen LogP contribution < -0.4 is 14.8 Å². The normalized spacial score (nSPS) is 10.7. The summed E-state index contributed by atoms with van der Waals surface area (Å²) in [6, 6.07) is 13.1. The number of hydrogen-bond acceptors (Lipinski definition) is 5. The second-order valence-corrected chi connectivity index (χ2v) is 5.66. The molecule has 1 heterocycles. The number of methoxy groups -OCH3 is 2. The summed E-state index contributed by atoms with van der Waals surface area (Å²) in [4.78, 5) is 16.3. The molecule has 0 unspecified atom stereocenters. The highest BCUT2D eigenvalue weighted by Gasteiger charge is 2.08. The largest absolute Gasteiger partial charge is 0.493 e. The summed E-state index contributed by atoms with van der Waals surface area (Å²) in [5.74, 6) is 0.944. The average Bonchev–Trinajstić information content (AvgIpc) is 3.20. The number of carbonyl (C=O) groups is 1. The van der Waals surface area contributed by atoms with Gasteiger partial charge in [-0.3, -0.25) is 4.79 Å². The van der Waals surface area contributed by atoms with Crippen molar-refractivity contribution in [2.24, 2.45) is 0 Å². The summed E-state index contributed by atoms with van der Waals surface area (Å²) in [5, 5.41) is 7.00. The van der Waals surface area contributed by atoms with Gasteiger partial charge in [-0.15, -0.1) is 0 Å². The van der Waals surface area contributed by atoms with Gasteiger partial charge in [0, 0.05) is 17.3 Å². The number of carbonyl (C=O) groups excluding carboxylic acids is 1. The van der Waals surface area contributed by atoms with Gasteiger partial charge in [0.25, 0.3) is 0 Å². The number of aromatic nitrogens is 3. The first-order valence-electron chi connectivity index (χ1n) is 8.31. The Morgan fingerprint density at radius 1 is 1.15 bits per heavy atom. The first-order valence-corrected chi connectivity index (χ1v) is 8.31. The molecular formula is C20H20N4O3. The van der Waals surface area contributed by atoms with Crippen LogP contribution in [0.2, 0.25) is 0 Å². The summed E-state index contributed by atoms with van der Waals surface area (Å²) in [7, 11) is 3.14. The van der Waals surface area contributed by atoms with Crippen LogP contribution in [0.4, 0.5) is 5.69 Å². The molecule has 1 N–H and O–H groups in total. The minimum Gasteiger partial charge on any atom is -0.493 e. The van der Waals surface area contributed by atoms with Crippen LogP contribution in [0, 0.1) is 0 Å². The molecule has 27 heavy (non-hydrogen) atoms. The molecule has 1 aromatic heterocycles. The number of nitrogens with zero attached hydrogens (tertiary/aromatic N) is 3. The lowest BCUT2D eigenvalue weighted by atomic mass is 10.1. The van der Waals surface area contributed by atoms with Crippen LogP contribution in [0.15, 0.2) is 61.2 Å². The summed E-state index contributed by atoms with van der Waals surface area (Å²) >= 11 is 0. The van der Waals surface area contributed by atoms with E-state index in [0.29, 0.717) is 18.0 Å². The molecule has 3 aromatic rings. The monoisotopic (exact) mass is 364 g/mol. The predicted molar refractivity (Wildman–Crippen MR) is 103 cm³/mol. The molecule has 138 valence electrons. The lowest BCUT2D eigenvalue weighted by Gasteiger charge is -2.11. The third-order valence-corrected chi connectivity index (χ3v) is 3.92. The molecule has 0 fully saturated rings. The quantitative estimate of drug-likeness (QED) is 0.652. The van der Waals surface area contributed by atoms with Crippen molar-refractivity contribution in [2.75, 3.05) is 19.5 Å². The zero-order chi connectivity index (χ0) is 19.1. The molecule has 0 atom stereocenters. The van der Waals surface area contributed by atoms with E-state index in [4.69, 9.17) is 9.47 Å². The number of nitrogens with one attached hydrogen (secondary N) is 1. The van der Waals surface area contributed by atoms with Crippen LogP contribution in [0.5, 0.6) is 11.5 Å². The molecule has 3 rings (SSSR count). The van der Waals surface area contributed by atoms with Crippen molar-refractivity contribution in [2.45, 2.75) is 6.54 Å². The molecule has 0 radical (unpaired) electrons. The minimum absolute atomic E-state index is 0.245. The maximum Gasteiger partial charge on any atom is 0.248 e. The van der Waals surface area contributed by atoms with Crippen LogP contribution in [-0.4, -0.2) is 34.9 Å². The summed E-state index contributed by atoms with van der Waals surface area (Å²) < 4.78 is 12.3. The Kier molecular flexibility index (Phi) is 5.84. The molecule has 0 bridgehead atoms. The van der Waals surface area contributed by atoms with Crippen LogP contribution in [-0.2, 0) is 11.3 Å². The second kappa shape index (κ2) is 8.66. The van der Waals surface area contributed by atoms with Crippen molar-refractivity contribution in [1.82, 2.24) is 14.8 Å². The SMILES string of the molecule is COc1cccc(/C=C\C(=O)Nc2ccccc2Cn2cncn2)c1OC. The molecule has 0 saturated carbocycles. The van der Waals surface area contributed by atoms with Gasteiger partial charge >= 0.3 is 0 Å². The Morgan fingerprint density at radius 3 is 2.74 bits per heavy atom. The van der Waals surface area contributed by atoms with Gasteiger partial charge in [0.2, 0.25) is 5.91 Å². The van der Waals surface area contributed by atoms with Gasteiger partial charge in [-0.05, 0) is 23.8 Å². The van der Waals surface area contributed by atoms with Gasteiger partial charge in [0.05, 0.1) is 20.8 Å². The molecule has 0 spiro atoms. The van der Waals surface area contributed by atoms with Crippen molar-refractivity contribution >= 4 is 17.7 Å². The summed E-state index contributed by atoms with van der Waals surface area (Å²) in [6.45, 7) is 0.518. The Bertz CT molecular complexity index is 936. The first-order chi connectivity index (χ1) is 13.2. The van der Waals surface area contributed by atoms with Gasteiger partial charge in [0.15, 0.2) is 11.5 Å². The number of para-hydroxylation sites is 2. The van der Waals surface area contributed by atoms with Crippen LogP contribution in [0.1, 0.15) is 11.1 Å². The van der Waals surface area contributed by atoms with Crippen molar-refractivity contribution in [3.8, 4) is 11.5 Å². The maximum atomic E-state index is 12.4. The van der Waals surface area contributed by atoms with Gasteiger partial charge < -0.3 is 14.8 Å². The van der Waals surface area contributed by atoms with E-state index in [9.17, 15) is 4.79 Å². The topological polar surface area (TPSA) is 78.3 Å². The maximum absolute atomic E-state index is 12.4. The Morgan fingerprint density at radius 2 is 2.00 bits per heavy atom. The van der Waals surface area contributed by atoms with E-state index in [-0.39, 0.29) is 5.91 Å². The molecule has 7 nitrogen and oxygen atoms in total. The number of hydrogen-bond donors (Lipinski definition) is 1. The Labute approximate surface area is 157 Å². The van der Waals surface area contributed by atoms with E-state index in [1.807, 2.05) is 36.4 Å². The highest BCUT2D eigenvalue weighted by Crippen LogP contribution is 2.31. The summed E-state index contributed by atoms with van der Waals surface area (Å²) in [6.07, 6.45) is 6.26. The van der Waals surface area contributed by atoms with Gasteiger partial charge in [-0.1, -0.05) is 30.3 Å². The molecule has 0 aliphatic carbocycles. The van der Waals surface area contributed by atoms with Gasteiger partial charge in [-0.25, -0.2) is 9.67 Å². The highest BCUT2D eigenvalue weighted by molar-refractivity contribution is 6.02. The smallest absolute Gasteiger partial charge is 0.248 e. The van der Waals surface area contributed by atoms with Crippen molar-refractivity contribution in [3.05, 3.63) is 72.3 Å². The van der Waals surface area contributed by atoms with E-state index in [0.717, 1.165) is 16.8 Å². The van der Waals surface area contributed by atoms with Gasteiger partial charge in [-0.2, -0.15) is 5.10 Å². The molecule has 0 saturated heterocycles. The van der Waals surface area contributed by atoms with E-state index < -0.39 is 0 Å². The molecule has 0 aliphatic heterocycles. The molecule has 0 aliphatic rings. The zero-order valence-electron chi connectivity index (χ0n) is 15.1. The van der Waals surface area contributed by atoms with Crippen LogP contribution in [0.25, 0.3) is 6.08 Å². The van der Waals surface area contributed by atoms with Crippen LogP contribution in [0.3, 0.4) is 0 Å². The Balaban J connectivity index is 1.74.